The van der Waals surface area contributed by atoms with Crippen LogP contribution in [0.5, 0.6) is 0 Å². The second kappa shape index (κ2) is 6.48. The van der Waals surface area contributed by atoms with Crippen LogP contribution in [0.2, 0.25) is 0 Å². The topological polar surface area (TPSA) is 42.1 Å². The molecule has 1 heterocycles. The van der Waals surface area contributed by atoms with E-state index >= 15 is 0 Å². The van der Waals surface area contributed by atoms with E-state index in [9.17, 15) is 0 Å². The van der Waals surface area contributed by atoms with Crippen LogP contribution >= 0.6 is 0 Å². The summed E-state index contributed by atoms with van der Waals surface area (Å²) in [4.78, 5) is 6.74. The normalized spacial score (nSPS) is 10.5. The molecule has 1 aromatic heterocycles. The molecule has 90 valence electrons. The molecule has 0 bridgehead atoms. The lowest BCUT2D eigenvalue weighted by atomic mass is 10.2. The van der Waals surface area contributed by atoms with Crippen LogP contribution in [0.3, 0.4) is 0 Å². The highest BCUT2D eigenvalue weighted by atomic mass is 15.2. The molecular formula is C13H23N3. The van der Waals surface area contributed by atoms with Crippen molar-refractivity contribution < 1.29 is 0 Å². The SMILES string of the molecule is CCCCCN(C)c1cc(CN)cc(C)n1. The van der Waals surface area contributed by atoms with Crippen molar-refractivity contribution >= 4 is 5.82 Å². The number of hydrogen-bond donors (Lipinski definition) is 1. The molecule has 0 radical (unpaired) electrons. The predicted molar refractivity (Wildman–Crippen MR) is 69.7 cm³/mol. The molecule has 0 amide bonds. The second-order valence-corrected chi connectivity index (χ2v) is 4.31. The quantitative estimate of drug-likeness (QED) is 0.750. The van der Waals surface area contributed by atoms with Gasteiger partial charge in [0.15, 0.2) is 0 Å². The molecule has 1 rings (SSSR count). The lowest BCUT2D eigenvalue weighted by Gasteiger charge is -2.19. The molecule has 2 N–H and O–H groups in total. The van der Waals surface area contributed by atoms with Crippen molar-refractivity contribution in [2.45, 2.75) is 39.7 Å². The Morgan fingerprint density at radius 2 is 2.06 bits per heavy atom. The summed E-state index contributed by atoms with van der Waals surface area (Å²) in [7, 11) is 2.09. The third kappa shape index (κ3) is 3.81. The third-order valence-electron chi connectivity index (χ3n) is 2.72. The van der Waals surface area contributed by atoms with E-state index in [2.05, 4.69) is 29.9 Å². The fraction of sp³-hybridized carbons (Fsp3) is 0.615. The van der Waals surface area contributed by atoms with E-state index in [4.69, 9.17) is 5.73 Å². The van der Waals surface area contributed by atoms with Gasteiger partial charge in [0.2, 0.25) is 0 Å². The van der Waals surface area contributed by atoms with Crippen molar-refractivity contribution in [3.05, 3.63) is 23.4 Å². The summed E-state index contributed by atoms with van der Waals surface area (Å²) in [6, 6.07) is 4.13. The molecule has 0 aliphatic rings. The van der Waals surface area contributed by atoms with Crippen LogP contribution in [0, 0.1) is 6.92 Å². The van der Waals surface area contributed by atoms with Crippen LogP contribution in [0.25, 0.3) is 0 Å². The highest BCUT2D eigenvalue weighted by Gasteiger charge is 2.04. The summed E-state index contributed by atoms with van der Waals surface area (Å²) < 4.78 is 0. The third-order valence-corrected chi connectivity index (χ3v) is 2.72. The predicted octanol–water partition coefficient (Wildman–Crippen LogP) is 2.48. The van der Waals surface area contributed by atoms with E-state index in [-0.39, 0.29) is 0 Å². The zero-order chi connectivity index (χ0) is 12.0. The highest BCUT2D eigenvalue weighted by molar-refractivity contribution is 5.41. The second-order valence-electron chi connectivity index (χ2n) is 4.31. The number of nitrogens with two attached hydrogens (primary N) is 1. The van der Waals surface area contributed by atoms with E-state index < -0.39 is 0 Å². The van der Waals surface area contributed by atoms with E-state index in [1.54, 1.807) is 0 Å². The molecule has 0 spiro atoms. The monoisotopic (exact) mass is 221 g/mol. The van der Waals surface area contributed by atoms with E-state index in [1.807, 2.05) is 13.0 Å². The first-order valence-electron chi connectivity index (χ1n) is 6.06. The van der Waals surface area contributed by atoms with Gasteiger partial charge in [-0.3, -0.25) is 0 Å². The Kier molecular flexibility index (Phi) is 5.26. The van der Waals surface area contributed by atoms with Gasteiger partial charge in [0, 0.05) is 25.8 Å². The van der Waals surface area contributed by atoms with Gasteiger partial charge in [0.1, 0.15) is 5.82 Å². The zero-order valence-corrected chi connectivity index (χ0v) is 10.7. The number of aromatic nitrogens is 1. The Hall–Kier alpha value is -1.09. The smallest absolute Gasteiger partial charge is 0.128 e. The van der Waals surface area contributed by atoms with Gasteiger partial charge in [-0.25, -0.2) is 4.98 Å². The first-order chi connectivity index (χ1) is 7.67. The fourth-order valence-electron chi connectivity index (χ4n) is 1.75. The lowest BCUT2D eigenvalue weighted by Crippen LogP contribution is -2.20. The van der Waals surface area contributed by atoms with E-state index in [1.165, 1.54) is 19.3 Å². The molecule has 0 atom stereocenters. The molecule has 0 aliphatic carbocycles. The summed E-state index contributed by atoms with van der Waals surface area (Å²) in [5.41, 5.74) is 7.86. The Balaban J connectivity index is 2.66. The maximum atomic E-state index is 5.66. The Morgan fingerprint density at radius 1 is 1.31 bits per heavy atom. The molecule has 0 saturated heterocycles. The molecule has 16 heavy (non-hydrogen) atoms. The minimum atomic E-state index is 0.582. The molecule has 3 nitrogen and oxygen atoms in total. The van der Waals surface area contributed by atoms with Gasteiger partial charge in [-0.2, -0.15) is 0 Å². The van der Waals surface area contributed by atoms with Crippen molar-refractivity contribution in [1.29, 1.82) is 0 Å². The molecule has 0 fully saturated rings. The number of pyridine rings is 1. The van der Waals surface area contributed by atoms with Crippen molar-refractivity contribution in [2.24, 2.45) is 5.73 Å². The Labute approximate surface area is 98.7 Å². The minimum absolute atomic E-state index is 0.582. The summed E-state index contributed by atoms with van der Waals surface area (Å²) >= 11 is 0. The molecular weight excluding hydrogens is 198 g/mol. The van der Waals surface area contributed by atoms with Gasteiger partial charge in [0.25, 0.3) is 0 Å². The van der Waals surface area contributed by atoms with Crippen LogP contribution in [-0.4, -0.2) is 18.6 Å². The van der Waals surface area contributed by atoms with Crippen molar-refractivity contribution in [3.8, 4) is 0 Å². The number of aryl methyl sites for hydroxylation is 1. The first kappa shape index (κ1) is 13.0. The highest BCUT2D eigenvalue weighted by Crippen LogP contribution is 2.14. The molecule has 0 saturated carbocycles. The average Bonchev–Trinajstić information content (AvgIpc) is 2.28. The summed E-state index contributed by atoms with van der Waals surface area (Å²) in [6.07, 6.45) is 3.75. The van der Waals surface area contributed by atoms with Gasteiger partial charge in [-0.1, -0.05) is 19.8 Å². The van der Waals surface area contributed by atoms with Crippen molar-refractivity contribution in [3.63, 3.8) is 0 Å². The van der Waals surface area contributed by atoms with Crippen LogP contribution in [0.15, 0.2) is 12.1 Å². The van der Waals surface area contributed by atoms with Crippen LogP contribution < -0.4 is 10.6 Å². The summed E-state index contributed by atoms with van der Waals surface area (Å²) in [5.74, 6) is 1.04. The van der Waals surface area contributed by atoms with Crippen molar-refractivity contribution in [2.75, 3.05) is 18.5 Å². The van der Waals surface area contributed by atoms with E-state index in [0.29, 0.717) is 6.54 Å². The fourth-order valence-corrected chi connectivity index (χ4v) is 1.75. The van der Waals surface area contributed by atoms with Gasteiger partial charge in [-0.05, 0) is 31.0 Å². The number of rotatable bonds is 6. The summed E-state index contributed by atoms with van der Waals surface area (Å²) in [5, 5.41) is 0. The first-order valence-corrected chi connectivity index (χ1v) is 6.06. The number of anilines is 1. The molecule has 0 aliphatic heterocycles. The maximum absolute atomic E-state index is 5.66. The van der Waals surface area contributed by atoms with Crippen molar-refractivity contribution in [1.82, 2.24) is 4.98 Å². The van der Waals surface area contributed by atoms with Crippen LogP contribution in [-0.2, 0) is 6.54 Å². The maximum Gasteiger partial charge on any atom is 0.128 e. The standard InChI is InChI=1S/C13H23N3/c1-4-5-6-7-16(3)13-9-12(10-14)8-11(2)15-13/h8-9H,4-7,10,14H2,1-3H3. The minimum Gasteiger partial charge on any atom is -0.360 e. The molecule has 3 heteroatoms. The number of hydrogen-bond acceptors (Lipinski definition) is 3. The van der Waals surface area contributed by atoms with Gasteiger partial charge < -0.3 is 10.6 Å². The van der Waals surface area contributed by atoms with Gasteiger partial charge in [0.05, 0.1) is 0 Å². The largest absolute Gasteiger partial charge is 0.360 e. The van der Waals surface area contributed by atoms with Gasteiger partial charge in [-0.15, -0.1) is 0 Å². The molecule has 1 aromatic rings. The van der Waals surface area contributed by atoms with Crippen LogP contribution in [0.4, 0.5) is 5.82 Å². The lowest BCUT2D eigenvalue weighted by molar-refractivity contribution is 0.700. The summed E-state index contributed by atoms with van der Waals surface area (Å²) in [6.45, 7) is 5.88. The Morgan fingerprint density at radius 3 is 2.69 bits per heavy atom. The van der Waals surface area contributed by atoms with E-state index in [0.717, 1.165) is 23.6 Å². The van der Waals surface area contributed by atoms with Crippen LogP contribution in [0.1, 0.15) is 37.4 Å². The number of nitrogens with zero attached hydrogens (tertiary/aromatic N) is 2. The zero-order valence-electron chi connectivity index (χ0n) is 10.7. The Bertz CT molecular complexity index is 323. The van der Waals surface area contributed by atoms with Gasteiger partial charge >= 0.3 is 0 Å². The molecule has 0 unspecified atom stereocenters. The molecule has 0 aromatic carbocycles. The average molecular weight is 221 g/mol. The number of unbranched alkanes of at least 4 members (excludes halogenated alkanes) is 2.